The molecule has 5 aromatic rings. The van der Waals surface area contributed by atoms with Gasteiger partial charge in [-0.05, 0) is 42.8 Å². The van der Waals surface area contributed by atoms with Crippen LogP contribution in [0.15, 0.2) is 63.4 Å². The highest BCUT2D eigenvalue weighted by Crippen LogP contribution is 2.38. The summed E-state index contributed by atoms with van der Waals surface area (Å²) in [7, 11) is 0. The van der Waals surface area contributed by atoms with Gasteiger partial charge in [-0.25, -0.2) is 4.98 Å². The predicted molar refractivity (Wildman–Crippen MR) is 93.1 cm³/mol. The highest BCUT2D eigenvalue weighted by Gasteiger charge is 2.16. The van der Waals surface area contributed by atoms with E-state index in [-0.39, 0.29) is 5.75 Å². The van der Waals surface area contributed by atoms with Crippen LogP contribution in [0.3, 0.4) is 0 Å². The minimum absolute atomic E-state index is 0.123. The van der Waals surface area contributed by atoms with Gasteiger partial charge in [-0.15, -0.1) is 0 Å². The van der Waals surface area contributed by atoms with Gasteiger partial charge in [0.25, 0.3) is 0 Å². The predicted octanol–water partition coefficient (Wildman–Crippen LogP) is 5.41. The van der Waals surface area contributed by atoms with E-state index in [2.05, 4.69) is 4.98 Å². The van der Waals surface area contributed by atoms with Crippen LogP contribution in [0.25, 0.3) is 44.5 Å². The maximum atomic E-state index is 10.5. The number of hydrogen-bond acceptors (Lipinski definition) is 4. The Balaban J connectivity index is 1.78. The number of aromatic nitrogens is 1. The van der Waals surface area contributed by atoms with Crippen LogP contribution in [0.1, 0.15) is 5.56 Å². The van der Waals surface area contributed by atoms with Crippen LogP contribution in [-0.4, -0.2) is 10.1 Å². The topological polar surface area (TPSA) is 59.4 Å². The van der Waals surface area contributed by atoms with Crippen molar-refractivity contribution < 1.29 is 13.9 Å². The van der Waals surface area contributed by atoms with Crippen molar-refractivity contribution in [2.45, 2.75) is 6.92 Å². The number of nitrogens with zero attached hydrogens (tertiary/aromatic N) is 1. The van der Waals surface area contributed by atoms with Gasteiger partial charge in [0.15, 0.2) is 5.58 Å². The fourth-order valence-corrected chi connectivity index (χ4v) is 3.08. The van der Waals surface area contributed by atoms with E-state index in [9.17, 15) is 5.11 Å². The Morgan fingerprint density at radius 2 is 1.71 bits per heavy atom. The van der Waals surface area contributed by atoms with E-state index < -0.39 is 0 Å². The number of fused-ring (bicyclic) bond motifs is 4. The molecule has 2 heterocycles. The summed E-state index contributed by atoms with van der Waals surface area (Å²) in [6.45, 7) is 2.01. The standard InChI is InChI=1S/C20H13NO3/c1-11-6-7-18-15(8-11)21-20(24-18)14-10-19-13(9-16(14)22)12-4-2-3-5-17(12)23-19/h2-10,22H,1H3. The van der Waals surface area contributed by atoms with Crippen molar-refractivity contribution in [2.24, 2.45) is 0 Å². The van der Waals surface area contributed by atoms with Gasteiger partial charge in [0.05, 0.1) is 5.56 Å². The molecular formula is C20H13NO3. The molecule has 0 aliphatic heterocycles. The first-order valence-corrected chi connectivity index (χ1v) is 7.71. The SMILES string of the molecule is Cc1ccc2oc(-c3cc4oc5ccccc5c4cc3O)nc2c1. The molecule has 0 spiro atoms. The second kappa shape index (κ2) is 4.61. The van der Waals surface area contributed by atoms with E-state index in [4.69, 9.17) is 8.83 Å². The number of aromatic hydroxyl groups is 1. The van der Waals surface area contributed by atoms with E-state index in [0.29, 0.717) is 22.6 Å². The molecule has 0 bridgehead atoms. The molecule has 3 aromatic carbocycles. The van der Waals surface area contributed by atoms with Crippen LogP contribution in [0.2, 0.25) is 0 Å². The Kier molecular flexibility index (Phi) is 2.54. The van der Waals surface area contributed by atoms with Crippen LogP contribution in [-0.2, 0) is 0 Å². The molecule has 0 radical (unpaired) electrons. The zero-order chi connectivity index (χ0) is 16.3. The first-order valence-electron chi connectivity index (χ1n) is 7.71. The molecule has 0 atom stereocenters. The van der Waals surface area contributed by atoms with Crippen molar-refractivity contribution >= 4 is 33.0 Å². The quantitative estimate of drug-likeness (QED) is 0.449. The molecule has 2 aromatic heterocycles. The fraction of sp³-hybridized carbons (Fsp3) is 0.0500. The van der Waals surface area contributed by atoms with Gasteiger partial charge in [0.2, 0.25) is 5.89 Å². The number of furan rings is 1. The smallest absolute Gasteiger partial charge is 0.231 e. The fourth-order valence-electron chi connectivity index (χ4n) is 3.08. The van der Waals surface area contributed by atoms with Gasteiger partial charge in [0, 0.05) is 10.8 Å². The maximum absolute atomic E-state index is 10.5. The molecule has 0 aliphatic rings. The first kappa shape index (κ1) is 13.2. The van der Waals surface area contributed by atoms with Crippen LogP contribution in [0, 0.1) is 6.92 Å². The number of benzene rings is 3. The molecular weight excluding hydrogens is 302 g/mol. The largest absolute Gasteiger partial charge is 0.507 e. The Hall–Kier alpha value is -3.27. The molecule has 0 saturated carbocycles. The van der Waals surface area contributed by atoms with Gasteiger partial charge < -0.3 is 13.9 Å². The molecule has 0 unspecified atom stereocenters. The lowest BCUT2D eigenvalue weighted by molar-refractivity contribution is 0.474. The van der Waals surface area contributed by atoms with Crippen LogP contribution in [0.5, 0.6) is 5.75 Å². The average Bonchev–Trinajstić information content (AvgIpc) is 3.14. The lowest BCUT2D eigenvalue weighted by Crippen LogP contribution is -1.79. The van der Waals surface area contributed by atoms with E-state index in [1.807, 2.05) is 49.4 Å². The monoisotopic (exact) mass is 315 g/mol. The molecule has 1 N–H and O–H groups in total. The lowest BCUT2D eigenvalue weighted by Gasteiger charge is -2.00. The number of phenolic OH excluding ortho intramolecular Hbond substituents is 1. The number of para-hydroxylation sites is 1. The minimum atomic E-state index is 0.123. The van der Waals surface area contributed by atoms with Gasteiger partial charge in [-0.2, -0.15) is 0 Å². The van der Waals surface area contributed by atoms with Crippen molar-refractivity contribution in [3.63, 3.8) is 0 Å². The highest BCUT2D eigenvalue weighted by molar-refractivity contribution is 6.06. The van der Waals surface area contributed by atoms with Crippen molar-refractivity contribution in [3.8, 4) is 17.2 Å². The van der Waals surface area contributed by atoms with Gasteiger partial charge in [-0.3, -0.25) is 0 Å². The molecule has 116 valence electrons. The van der Waals surface area contributed by atoms with Gasteiger partial charge in [-0.1, -0.05) is 24.3 Å². The van der Waals surface area contributed by atoms with Crippen molar-refractivity contribution in [1.82, 2.24) is 4.98 Å². The summed E-state index contributed by atoms with van der Waals surface area (Å²) in [5.41, 5.74) is 4.59. The molecule has 4 heteroatoms. The second-order valence-corrected chi connectivity index (χ2v) is 5.95. The Labute approximate surface area is 137 Å². The number of hydrogen-bond donors (Lipinski definition) is 1. The van der Waals surface area contributed by atoms with Gasteiger partial charge in [0.1, 0.15) is 22.4 Å². The Bertz CT molecular complexity index is 1230. The molecule has 0 saturated heterocycles. The van der Waals surface area contributed by atoms with Gasteiger partial charge >= 0.3 is 0 Å². The van der Waals surface area contributed by atoms with Crippen molar-refractivity contribution in [3.05, 3.63) is 60.2 Å². The number of oxazole rings is 1. The molecule has 5 rings (SSSR count). The van der Waals surface area contributed by atoms with Crippen LogP contribution in [0.4, 0.5) is 0 Å². The maximum Gasteiger partial charge on any atom is 0.231 e. The number of aryl methyl sites for hydroxylation is 1. The van der Waals surface area contributed by atoms with Crippen molar-refractivity contribution in [1.29, 1.82) is 0 Å². The third-order valence-corrected chi connectivity index (χ3v) is 4.27. The number of phenols is 1. The van der Waals surface area contributed by atoms with E-state index >= 15 is 0 Å². The Morgan fingerprint density at radius 3 is 2.62 bits per heavy atom. The molecule has 0 aliphatic carbocycles. The van der Waals surface area contributed by atoms with Crippen LogP contribution >= 0.6 is 0 Å². The first-order chi connectivity index (χ1) is 11.7. The van der Waals surface area contributed by atoms with E-state index in [1.165, 1.54) is 0 Å². The molecule has 0 fully saturated rings. The van der Waals surface area contributed by atoms with E-state index in [0.717, 1.165) is 27.4 Å². The third kappa shape index (κ3) is 1.83. The van der Waals surface area contributed by atoms with Crippen molar-refractivity contribution in [2.75, 3.05) is 0 Å². The van der Waals surface area contributed by atoms with E-state index in [1.54, 1.807) is 12.1 Å². The lowest BCUT2D eigenvalue weighted by atomic mass is 10.1. The number of rotatable bonds is 1. The molecule has 4 nitrogen and oxygen atoms in total. The summed E-state index contributed by atoms with van der Waals surface area (Å²) >= 11 is 0. The third-order valence-electron chi connectivity index (χ3n) is 4.27. The molecule has 24 heavy (non-hydrogen) atoms. The summed E-state index contributed by atoms with van der Waals surface area (Å²) in [6.07, 6.45) is 0. The second-order valence-electron chi connectivity index (χ2n) is 5.95. The summed E-state index contributed by atoms with van der Waals surface area (Å²) in [6, 6.07) is 17.1. The summed E-state index contributed by atoms with van der Waals surface area (Å²) < 4.78 is 11.7. The normalized spacial score (nSPS) is 11.7. The summed E-state index contributed by atoms with van der Waals surface area (Å²) in [4.78, 5) is 4.50. The van der Waals surface area contributed by atoms with Crippen LogP contribution < -0.4 is 0 Å². The summed E-state index contributed by atoms with van der Waals surface area (Å²) in [5.74, 6) is 0.507. The minimum Gasteiger partial charge on any atom is -0.507 e. The zero-order valence-corrected chi connectivity index (χ0v) is 12.9. The zero-order valence-electron chi connectivity index (χ0n) is 12.9. The molecule has 0 amide bonds. The highest BCUT2D eigenvalue weighted by atomic mass is 16.4. The summed E-state index contributed by atoms with van der Waals surface area (Å²) in [5, 5.41) is 12.3. The average molecular weight is 315 g/mol. The Morgan fingerprint density at radius 1 is 0.833 bits per heavy atom.